The number of nitrogens with one attached hydrogen (secondary N) is 1. The quantitative estimate of drug-likeness (QED) is 0.805. The van der Waals surface area contributed by atoms with E-state index in [2.05, 4.69) is 22.3 Å². The normalized spacial score (nSPS) is 21.7. The third-order valence-electron chi connectivity index (χ3n) is 5.70. The fraction of sp³-hybridized carbons (Fsp3) is 0.800. The number of aromatic nitrogens is 1. The van der Waals surface area contributed by atoms with Gasteiger partial charge in [0.2, 0.25) is 5.91 Å². The number of carbonyl (C=O) groups excluding carboxylic acids is 1. The van der Waals surface area contributed by atoms with Crippen molar-refractivity contribution in [2.75, 3.05) is 0 Å². The smallest absolute Gasteiger partial charge is 0.226 e. The molecule has 0 bridgehead atoms. The van der Waals surface area contributed by atoms with Crippen LogP contribution in [-0.2, 0) is 18.3 Å². The van der Waals surface area contributed by atoms with Crippen molar-refractivity contribution in [3.05, 3.63) is 15.9 Å². The van der Waals surface area contributed by atoms with Crippen molar-refractivity contribution in [3.63, 3.8) is 0 Å². The van der Waals surface area contributed by atoms with Gasteiger partial charge in [-0.3, -0.25) is 9.79 Å². The highest BCUT2D eigenvalue weighted by Gasteiger charge is 2.16. The minimum absolute atomic E-state index is 0.168. The fourth-order valence-corrected chi connectivity index (χ4v) is 5.06. The molecule has 1 N–H and O–H groups in total. The molecule has 1 amide bonds. The molecular weight excluding hydrogens is 330 g/mol. The van der Waals surface area contributed by atoms with Gasteiger partial charge in [0, 0.05) is 24.2 Å². The van der Waals surface area contributed by atoms with Gasteiger partial charge in [-0.05, 0) is 25.7 Å². The van der Waals surface area contributed by atoms with E-state index in [1.54, 1.807) is 11.3 Å². The maximum atomic E-state index is 12.4. The van der Waals surface area contributed by atoms with Crippen LogP contribution in [0.25, 0.3) is 0 Å². The number of nitrogens with zero attached hydrogens (tertiary/aromatic N) is 2. The van der Waals surface area contributed by atoms with Crippen molar-refractivity contribution >= 4 is 17.2 Å². The van der Waals surface area contributed by atoms with Gasteiger partial charge in [-0.1, -0.05) is 51.4 Å². The molecule has 0 saturated heterocycles. The fourth-order valence-electron chi connectivity index (χ4n) is 4.09. The van der Waals surface area contributed by atoms with E-state index in [0.717, 1.165) is 23.3 Å². The molecule has 0 radical (unpaired) electrons. The highest BCUT2D eigenvalue weighted by atomic mass is 32.1. The maximum Gasteiger partial charge on any atom is 0.226 e. The van der Waals surface area contributed by atoms with Crippen LogP contribution in [0.5, 0.6) is 0 Å². The molecular formula is C20H33N3OS. The maximum absolute atomic E-state index is 12.4. The first kappa shape index (κ1) is 18.7. The van der Waals surface area contributed by atoms with Gasteiger partial charge in [0.1, 0.15) is 0 Å². The molecule has 2 aliphatic rings. The summed E-state index contributed by atoms with van der Waals surface area (Å²) in [6, 6.07) is 0.856. The molecule has 3 rings (SSSR count). The van der Waals surface area contributed by atoms with Gasteiger partial charge in [0.05, 0.1) is 12.5 Å². The van der Waals surface area contributed by atoms with Crippen LogP contribution >= 0.6 is 11.3 Å². The van der Waals surface area contributed by atoms with Crippen molar-refractivity contribution in [1.29, 1.82) is 0 Å². The molecule has 1 aromatic heterocycles. The Hall–Kier alpha value is -1.10. The number of thiazole rings is 1. The second-order valence-corrected chi connectivity index (χ2v) is 8.61. The summed E-state index contributed by atoms with van der Waals surface area (Å²) in [5.41, 5.74) is 1.09. The number of hydrogen-bond acceptors (Lipinski definition) is 3. The van der Waals surface area contributed by atoms with Gasteiger partial charge in [-0.15, -0.1) is 11.3 Å². The van der Waals surface area contributed by atoms with Crippen LogP contribution in [0.4, 0.5) is 0 Å². The Bertz CT molecular complexity index is 603. The number of amides is 1. The van der Waals surface area contributed by atoms with Crippen LogP contribution < -0.4 is 10.1 Å². The number of rotatable bonds is 4. The van der Waals surface area contributed by atoms with Gasteiger partial charge in [0.25, 0.3) is 0 Å². The van der Waals surface area contributed by atoms with Crippen LogP contribution in [0.2, 0.25) is 0 Å². The topological polar surface area (TPSA) is 46.4 Å². The van der Waals surface area contributed by atoms with Crippen LogP contribution in [-0.4, -0.2) is 22.6 Å². The van der Waals surface area contributed by atoms with Crippen molar-refractivity contribution in [2.45, 2.75) is 95.6 Å². The van der Waals surface area contributed by atoms with Gasteiger partial charge < -0.3 is 9.88 Å². The second kappa shape index (κ2) is 9.56. The molecule has 0 atom stereocenters. The molecule has 140 valence electrons. The molecule has 2 fully saturated rings. The van der Waals surface area contributed by atoms with E-state index in [1.807, 2.05) is 0 Å². The van der Waals surface area contributed by atoms with Gasteiger partial charge in [0.15, 0.2) is 4.80 Å². The average molecular weight is 364 g/mol. The van der Waals surface area contributed by atoms with Crippen molar-refractivity contribution < 1.29 is 4.79 Å². The number of carbonyl (C=O) groups is 1. The predicted molar refractivity (Wildman–Crippen MR) is 104 cm³/mol. The summed E-state index contributed by atoms with van der Waals surface area (Å²) in [4.78, 5) is 18.5. The zero-order chi connectivity index (χ0) is 17.5. The lowest BCUT2D eigenvalue weighted by Crippen LogP contribution is -2.36. The SMILES string of the molecule is Cn1c(CC(=O)NC2CCCCCC2)csc1=NC1CCCCCC1. The summed E-state index contributed by atoms with van der Waals surface area (Å²) in [6.45, 7) is 0. The molecule has 0 spiro atoms. The molecule has 2 aliphatic carbocycles. The van der Waals surface area contributed by atoms with Crippen molar-refractivity contribution in [3.8, 4) is 0 Å². The lowest BCUT2D eigenvalue weighted by Gasteiger charge is -2.16. The van der Waals surface area contributed by atoms with Crippen LogP contribution in [0, 0.1) is 0 Å². The zero-order valence-electron chi connectivity index (χ0n) is 15.6. The van der Waals surface area contributed by atoms with E-state index < -0.39 is 0 Å². The Balaban J connectivity index is 1.59. The molecule has 4 nitrogen and oxygen atoms in total. The first-order valence-corrected chi connectivity index (χ1v) is 11.1. The van der Waals surface area contributed by atoms with Crippen LogP contribution in [0.15, 0.2) is 10.4 Å². The van der Waals surface area contributed by atoms with Crippen molar-refractivity contribution in [2.24, 2.45) is 12.0 Å². The summed E-state index contributed by atoms with van der Waals surface area (Å²) in [6.07, 6.45) is 15.7. The molecule has 1 heterocycles. The minimum atomic E-state index is 0.168. The first-order valence-electron chi connectivity index (χ1n) is 10.2. The summed E-state index contributed by atoms with van der Waals surface area (Å²) in [5, 5.41) is 5.37. The molecule has 5 heteroatoms. The lowest BCUT2D eigenvalue weighted by molar-refractivity contribution is -0.121. The zero-order valence-corrected chi connectivity index (χ0v) is 16.5. The summed E-state index contributed by atoms with van der Waals surface area (Å²) in [7, 11) is 2.06. The molecule has 1 aromatic rings. The first-order chi connectivity index (χ1) is 12.2. The monoisotopic (exact) mass is 363 g/mol. The van der Waals surface area contributed by atoms with E-state index in [9.17, 15) is 4.79 Å². The summed E-state index contributed by atoms with van der Waals surface area (Å²) >= 11 is 1.68. The Morgan fingerprint density at radius 1 is 1.08 bits per heavy atom. The molecule has 0 unspecified atom stereocenters. The van der Waals surface area contributed by atoms with E-state index in [1.165, 1.54) is 64.2 Å². The average Bonchev–Trinajstić information content (AvgIpc) is 2.86. The largest absolute Gasteiger partial charge is 0.353 e. The van der Waals surface area contributed by atoms with E-state index >= 15 is 0 Å². The third-order valence-corrected chi connectivity index (χ3v) is 6.68. The standard InChI is InChI=1S/C20H33N3OS/c1-23-18(14-19(24)21-16-10-6-2-3-7-11-16)15-25-20(23)22-17-12-8-4-5-9-13-17/h15-17H,2-14H2,1H3,(H,21,24). The van der Waals surface area contributed by atoms with Crippen molar-refractivity contribution in [1.82, 2.24) is 9.88 Å². The van der Waals surface area contributed by atoms with Gasteiger partial charge in [-0.25, -0.2) is 0 Å². The highest BCUT2D eigenvalue weighted by Crippen LogP contribution is 2.20. The third kappa shape index (κ3) is 5.70. The summed E-state index contributed by atoms with van der Waals surface area (Å²) in [5.74, 6) is 0.168. The Morgan fingerprint density at radius 2 is 1.68 bits per heavy atom. The van der Waals surface area contributed by atoms with E-state index in [4.69, 9.17) is 4.99 Å². The van der Waals surface area contributed by atoms with Crippen LogP contribution in [0.1, 0.15) is 82.7 Å². The Morgan fingerprint density at radius 3 is 2.32 bits per heavy atom. The Kier molecular flexibility index (Phi) is 7.14. The molecule has 0 aromatic carbocycles. The second-order valence-electron chi connectivity index (χ2n) is 7.78. The van der Waals surface area contributed by atoms with E-state index in [-0.39, 0.29) is 5.91 Å². The van der Waals surface area contributed by atoms with E-state index in [0.29, 0.717) is 18.5 Å². The molecule has 2 saturated carbocycles. The van der Waals surface area contributed by atoms with Crippen LogP contribution in [0.3, 0.4) is 0 Å². The van der Waals surface area contributed by atoms with Gasteiger partial charge >= 0.3 is 0 Å². The number of hydrogen-bond donors (Lipinski definition) is 1. The summed E-state index contributed by atoms with van der Waals surface area (Å²) < 4.78 is 2.13. The highest BCUT2D eigenvalue weighted by molar-refractivity contribution is 7.07. The molecule has 25 heavy (non-hydrogen) atoms. The lowest BCUT2D eigenvalue weighted by atomic mass is 10.1. The predicted octanol–water partition coefficient (Wildman–Crippen LogP) is 4.09. The minimum Gasteiger partial charge on any atom is -0.353 e. The van der Waals surface area contributed by atoms with Gasteiger partial charge in [-0.2, -0.15) is 0 Å². The molecule has 0 aliphatic heterocycles. The Labute approximate surface area is 155 Å².